The summed E-state index contributed by atoms with van der Waals surface area (Å²) in [6, 6.07) is 2.85. The van der Waals surface area contributed by atoms with E-state index in [1.165, 1.54) is 12.3 Å². The zero-order chi connectivity index (χ0) is 12.9. The van der Waals surface area contributed by atoms with E-state index in [-0.39, 0.29) is 10.7 Å². The van der Waals surface area contributed by atoms with Gasteiger partial charge in [0.25, 0.3) is 0 Å². The Bertz CT molecular complexity index is 429. The molecule has 0 heterocycles. The van der Waals surface area contributed by atoms with Gasteiger partial charge in [-0.15, -0.1) is 0 Å². The molecule has 1 atom stereocenters. The van der Waals surface area contributed by atoms with Crippen LogP contribution < -0.4 is 0 Å². The largest absolute Gasteiger partial charge is 0.249 e. The Hall–Kier alpha value is -0.900. The molecule has 16 heavy (non-hydrogen) atoms. The molecule has 0 aromatic heterocycles. The van der Waals surface area contributed by atoms with Gasteiger partial charge in [-0.2, -0.15) is 0 Å². The van der Waals surface area contributed by atoms with Gasteiger partial charge in [0.2, 0.25) is 0 Å². The van der Waals surface area contributed by atoms with Crippen LogP contribution in [0.5, 0.6) is 0 Å². The third-order valence-electron chi connectivity index (χ3n) is 2.20. The summed E-state index contributed by atoms with van der Waals surface area (Å²) in [6.45, 7) is 7.64. The van der Waals surface area contributed by atoms with Gasteiger partial charge in [-0.3, -0.25) is 0 Å². The fourth-order valence-electron chi connectivity index (χ4n) is 1.42. The minimum absolute atomic E-state index is 0.268. The molecule has 1 aromatic rings. The third kappa shape index (κ3) is 3.59. The molecule has 0 aliphatic carbocycles. The Labute approximate surface area is 97.9 Å². The van der Waals surface area contributed by atoms with E-state index < -0.39 is 9.73 Å². The first-order valence-electron chi connectivity index (χ1n) is 5.39. The summed E-state index contributed by atoms with van der Waals surface area (Å²) in [5.74, 6) is -0.357. The Kier molecular flexibility index (Phi) is 5.65. The summed E-state index contributed by atoms with van der Waals surface area (Å²) < 4.78 is 32.2. The second-order valence-corrected chi connectivity index (χ2v) is 5.56. The second-order valence-electron chi connectivity index (χ2n) is 3.40. The maximum atomic E-state index is 13.4. The van der Waals surface area contributed by atoms with Crippen LogP contribution in [0.25, 0.3) is 0 Å². The predicted octanol–water partition coefficient (Wildman–Crippen LogP) is 3.76. The lowest BCUT2D eigenvalue weighted by Gasteiger charge is -2.08. The molecular weight excluding hydrogens is 225 g/mol. The lowest BCUT2D eigenvalue weighted by Crippen LogP contribution is -2.00. The van der Waals surface area contributed by atoms with Gasteiger partial charge in [-0.25, -0.2) is 13.4 Å². The molecular formula is C12H20FNOS. The first kappa shape index (κ1) is 15.1. The number of aryl methyl sites for hydroxylation is 1. The summed E-state index contributed by atoms with van der Waals surface area (Å²) in [5.41, 5.74) is 1.40. The number of halogens is 1. The van der Waals surface area contributed by atoms with Crippen LogP contribution in [0.4, 0.5) is 4.39 Å². The van der Waals surface area contributed by atoms with Crippen LogP contribution in [0.15, 0.2) is 17.0 Å². The summed E-state index contributed by atoms with van der Waals surface area (Å²) in [7, 11) is -2.81. The highest BCUT2D eigenvalue weighted by molar-refractivity contribution is 7.91. The maximum absolute atomic E-state index is 13.4. The highest BCUT2D eigenvalue weighted by atomic mass is 32.2. The number of benzene rings is 1. The standard InChI is InChI=1S/C10H14FNOS.C2H6/c1-4-9-7(2)5-8(6-10(9)11)14(3,12)13;1-2/h5-6,12H,4H2,1-3H3;1-2H3. The van der Waals surface area contributed by atoms with Crippen LogP contribution in [0, 0.1) is 17.5 Å². The number of nitrogens with one attached hydrogen (secondary N) is 1. The topological polar surface area (TPSA) is 40.9 Å². The molecule has 4 heteroatoms. The van der Waals surface area contributed by atoms with E-state index in [0.717, 1.165) is 5.56 Å². The van der Waals surface area contributed by atoms with E-state index in [1.807, 2.05) is 20.8 Å². The van der Waals surface area contributed by atoms with Gasteiger partial charge in [0.1, 0.15) is 5.82 Å². The van der Waals surface area contributed by atoms with Gasteiger partial charge in [-0.05, 0) is 36.6 Å². The average molecular weight is 245 g/mol. The molecule has 0 radical (unpaired) electrons. The lowest BCUT2D eigenvalue weighted by molar-refractivity contribution is 0.604. The zero-order valence-corrected chi connectivity index (χ0v) is 11.4. The Morgan fingerprint density at radius 3 is 2.19 bits per heavy atom. The van der Waals surface area contributed by atoms with Crippen LogP contribution in [0.2, 0.25) is 0 Å². The first-order chi connectivity index (χ1) is 7.36. The van der Waals surface area contributed by atoms with Gasteiger partial charge >= 0.3 is 0 Å². The molecule has 0 aliphatic heterocycles. The van der Waals surface area contributed by atoms with Crippen molar-refractivity contribution in [2.75, 3.05) is 6.26 Å². The third-order valence-corrected chi connectivity index (χ3v) is 3.33. The Balaban J connectivity index is 0.00000106. The smallest absolute Gasteiger partial charge is 0.127 e. The van der Waals surface area contributed by atoms with E-state index in [9.17, 15) is 8.60 Å². The minimum Gasteiger partial charge on any atom is -0.249 e. The normalized spacial score (nSPS) is 13.6. The predicted molar refractivity (Wildman–Crippen MR) is 66.9 cm³/mol. The molecule has 1 unspecified atom stereocenters. The molecule has 0 saturated heterocycles. The quantitative estimate of drug-likeness (QED) is 0.846. The van der Waals surface area contributed by atoms with Crippen LogP contribution >= 0.6 is 0 Å². The van der Waals surface area contributed by atoms with E-state index >= 15 is 0 Å². The van der Waals surface area contributed by atoms with Gasteiger partial charge in [0.05, 0.1) is 14.6 Å². The van der Waals surface area contributed by atoms with Crippen molar-refractivity contribution in [3.63, 3.8) is 0 Å². The van der Waals surface area contributed by atoms with Crippen LogP contribution in [-0.2, 0) is 16.1 Å². The fourth-order valence-corrected chi connectivity index (χ4v) is 2.15. The van der Waals surface area contributed by atoms with Gasteiger partial charge in [0.15, 0.2) is 0 Å². The fraction of sp³-hybridized carbons (Fsp3) is 0.500. The summed E-state index contributed by atoms with van der Waals surface area (Å²) in [5, 5.41) is 0. The molecule has 1 aromatic carbocycles. The monoisotopic (exact) mass is 245 g/mol. The molecule has 0 saturated carbocycles. The van der Waals surface area contributed by atoms with Gasteiger partial charge < -0.3 is 0 Å². The Morgan fingerprint density at radius 2 is 1.88 bits per heavy atom. The van der Waals surface area contributed by atoms with Gasteiger partial charge in [0, 0.05) is 6.26 Å². The Morgan fingerprint density at radius 1 is 1.38 bits per heavy atom. The molecule has 1 rings (SSSR count). The molecule has 92 valence electrons. The number of hydrogen-bond donors (Lipinski definition) is 1. The molecule has 1 N–H and O–H groups in total. The zero-order valence-electron chi connectivity index (χ0n) is 10.6. The average Bonchev–Trinajstić information content (AvgIpc) is 2.19. The minimum atomic E-state index is -2.81. The molecule has 0 spiro atoms. The van der Waals surface area contributed by atoms with Crippen molar-refractivity contribution in [2.45, 2.75) is 39.0 Å². The molecule has 0 fully saturated rings. The van der Waals surface area contributed by atoms with Crippen LogP contribution in [0.1, 0.15) is 31.9 Å². The number of hydrogen-bond acceptors (Lipinski definition) is 2. The van der Waals surface area contributed by atoms with Crippen LogP contribution in [0.3, 0.4) is 0 Å². The maximum Gasteiger partial charge on any atom is 0.127 e. The second kappa shape index (κ2) is 5.99. The van der Waals surface area contributed by atoms with Gasteiger partial charge in [-0.1, -0.05) is 20.8 Å². The summed E-state index contributed by atoms with van der Waals surface area (Å²) in [6.07, 6.45) is 1.91. The summed E-state index contributed by atoms with van der Waals surface area (Å²) >= 11 is 0. The van der Waals surface area contributed by atoms with E-state index in [2.05, 4.69) is 0 Å². The van der Waals surface area contributed by atoms with Crippen molar-refractivity contribution in [3.05, 3.63) is 29.1 Å². The molecule has 2 nitrogen and oxygen atoms in total. The highest BCUT2D eigenvalue weighted by Crippen LogP contribution is 2.19. The first-order valence-corrected chi connectivity index (χ1v) is 7.35. The van der Waals surface area contributed by atoms with Crippen LogP contribution in [-0.4, -0.2) is 10.5 Å². The highest BCUT2D eigenvalue weighted by Gasteiger charge is 2.10. The lowest BCUT2D eigenvalue weighted by atomic mass is 10.1. The molecule has 0 aliphatic rings. The molecule has 0 bridgehead atoms. The number of rotatable bonds is 2. The van der Waals surface area contributed by atoms with E-state index in [4.69, 9.17) is 4.78 Å². The van der Waals surface area contributed by atoms with Crippen molar-refractivity contribution in [1.82, 2.24) is 0 Å². The van der Waals surface area contributed by atoms with Crippen molar-refractivity contribution in [2.24, 2.45) is 0 Å². The van der Waals surface area contributed by atoms with Crippen molar-refractivity contribution < 1.29 is 8.60 Å². The van der Waals surface area contributed by atoms with Crippen molar-refractivity contribution in [1.29, 1.82) is 4.78 Å². The van der Waals surface area contributed by atoms with E-state index in [0.29, 0.717) is 12.0 Å². The van der Waals surface area contributed by atoms with Crippen molar-refractivity contribution in [3.8, 4) is 0 Å². The van der Waals surface area contributed by atoms with E-state index in [1.54, 1.807) is 13.0 Å². The summed E-state index contributed by atoms with van der Waals surface area (Å²) in [4.78, 5) is 0.268. The molecule has 0 amide bonds. The van der Waals surface area contributed by atoms with Crippen molar-refractivity contribution >= 4 is 9.73 Å². The SMILES string of the molecule is CC.CCc1c(C)cc(S(C)(=N)=O)cc1F.